The van der Waals surface area contributed by atoms with Crippen LogP contribution >= 0.6 is 0 Å². The van der Waals surface area contributed by atoms with E-state index in [1.807, 2.05) is 0 Å². The van der Waals surface area contributed by atoms with Crippen molar-refractivity contribution >= 4 is 8.42 Å². The molecule has 8 aliphatic rings. The van der Waals surface area contributed by atoms with Crippen molar-refractivity contribution in [1.82, 2.24) is 0 Å². The zero-order chi connectivity index (χ0) is 41.9. The zero-order valence-electron chi connectivity index (χ0n) is 39.1. The minimum atomic E-state index is 0. The minimum absolute atomic E-state index is 0. The molecular formula is C54H80Cl2Zr2-2. The topological polar surface area (TPSA) is 0 Å². The van der Waals surface area contributed by atoms with E-state index >= 15 is 0 Å². The van der Waals surface area contributed by atoms with Crippen LogP contribution in [0.2, 0.25) is 0 Å². The van der Waals surface area contributed by atoms with Gasteiger partial charge in [-0.15, -0.1) is 0 Å². The Kier molecular flexibility index (Phi) is 24.5. The molecule has 0 saturated heterocycles. The van der Waals surface area contributed by atoms with Crippen molar-refractivity contribution in [1.29, 1.82) is 0 Å². The van der Waals surface area contributed by atoms with Crippen LogP contribution in [0.1, 0.15) is 186 Å². The van der Waals surface area contributed by atoms with E-state index in [0.717, 1.165) is 0 Å². The summed E-state index contributed by atoms with van der Waals surface area (Å²) in [6.07, 6.45) is 44.7. The summed E-state index contributed by atoms with van der Waals surface area (Å²) in [5.74, 6) is 2.40. The zero-order valence-corrected chi connectivity index (χ0v) is 45.5. The predicted molar refractivity (Wildman–Crippen MR) is 239 cm³/mol. The van der Waals surface area contributed by atoms with E-state index in [0.29, 0.717) is 45.3 Å². The van der Waals surface area contributed by atoms with Gasteiger partial charge in [-0.25, -0.2) is 24.3 Å². The molecule has 8 rings (SSSR count). The minimum Gasteiger partial charge on any atom is -1.00 e. The Hall–Kier alpha value is 0.00623. The van der Waals surface area contributed by atoms with Crippen LogP contribution in [0.4, 0.5) is 0 Å². The third-order valence-electron chi connectivity index (χ3n) is 12.8. The van der Waals surface area contributed by atoms with Crippen molar-refractivity contribution in [3.63, 3.8) is 0 Å². The fourth-order valence-corrected chi connectivity index (χ4v) is 10.0. The Morgan fingerprint density at radius 3 is 0.655 bits per heavy atom. The molecule has 0 aromatic heterocycles. The second kappa shape index (κ2) is 25.3. The number of rotatable bonds is 0. The van der Waals surface area contributed by atoms with Crippen LogP contribution in [0.15, 0.2) is 68.9 Å². The van der Waals surface area contributed by atoms with Gasteiger partial charge in [0.1, 0.15) is 0 Å². The van der Waals surface area contributed by atoms with Crippen LogP contribution in [-0.2, 0) is 48.5 Å². The summed E-state index contributed by atoms with van der Waals surface area (Å²) < 4.78 is 6.68. The summed E-state index contributed by atoms with van der Waals surface area (Å²) in [5, 5.41) is 0. The Morgan fingerprint density at radius 2 is 0.500 bits per heavy atom. The maximum absolute atomic E-state index is 3.54. The smallest absolute Gasteiger partial charge is 1.00 e. The molecule has 0 saturated carbocycles. The first kappa shape index (κ1) is 56.0. The average Bonchev–Trinajstić information content (AvgIpc) is 3.97. The average molecular weight is 983 g/mol. The third kappa shape index (κ3) is 15.7. The van der Waals surface area contributed by atoms with Gasteiger partial charge in [0.05, 0.1) is 0 Å². The summed E-state index contributed by atoms with van der Waals surface area (Å²) in [4.78, 5) is 0. The number of hydrogen-bond donors (Lipinski definition) is 0. The van der Waals surface area contributed by atoms with Crippen LogP contribution in [0, 0.1) is 69.6 Å². The van der Waals surface area contributed by atoms with Gasteiger partial charge < -0.3 is 24.8 Å². The Morgan fingerprint density at radius 1 is 0.345 bits per heavy atom. The van der Waals surface area contributed by atoms with Crippen molar-refractivity contribution in [3.05, 3.63) is 93.2 Å². The molecule has 0 N–H and O–H groups in total. The molecule has 0 aromatic carbocycles. The van der Waals surface area contributed by atoms with Crippen molar-refractivity contribution in [2.24, 2.45) is 45.3 Å². The fourth-order valence-electron chi connectivity index (χ4n) is 10.0. The van der Waals surface area contributed by atoms with Crippen molar-refractivity contribution in [2.75, 3.05) is 0 Å². The molecule has 0 amide bonds. The molecule has 0 nitrogen and oxygen atoms in total. The summed E-state index contributed by atoms with van der Waals surface area (Å²) in [6.45, 7) is 27.9. The summed E-state index contributed by atoms with van der Waals surface area (Å²) in [6, 6.07) is 0. The first-order valence-electron chi connectivity index (χ1n) is 22.3. The van der Waals surface area contributed by atoms with Gasteiger partial charge in [0, 0.05) is 0 Å². The van der Waals surface area contributed by atoms with Crippen molar-refractivity contribution < 1.29 is 73.3 Å². The Balaban J connectivity index is 0.000000371. The summed E-state index contributed by atoms with van der Waals surface area (Å²) in [7, 11) is 0. The molecule has 4 heteroatoms. The van der Waals surface area contributed by atoms with Gasteiger partial charge in [-0.1, -0.05) is 184 Å². The molecule has 0 spiro atoms. The largest absolute Gasteiger partial charge is 1.00 e. The van der Waals surface area contributed by atoms with Crippen LogP contribution in [0.5, 0.6) is 0 Å². The second-order valence-electron chi connectivity index (χ2n) is 21.5. The molecule has 0 aliphatic heterocycles. The summed E-state index contributed by atoms with van der Waals surface area (Å²) >= 11 is 2.60. The molecule has 0 fully saturated rings. The van der Waals surface area contributed by atoms with Crippen molar-refractivity contribution in [2.45, 2.75) is 186 Å². The van der Waals surface area contributed by atoms with Crippen molar-refractivity contribution in [3.8, 4) is 0 Å². The van der Waals surface area contributed by atoms with Gasteiger partial charge >= 0.3 is 56.9 Å². The van der Waals surface area contributed by atoms with E-state index < -0.39 is 0 Å². The maximum atomic E-state index is 3.54. The van der Waals surface area contributed by atoms with Crippen LogP contribution in [0.3, 0.4) is 0 Å². The maximum Gasteiger partial charge on any atom is -1.00 e. The first-order valence-corrected chi connectivity index (χ1v) is 25.8. The molecule has 58 heavy (non-hydrogen) atoms. The van der Waals surface area contributed by atoms with E-state index in [1.165, 1.54) is 151 Å². The molecule has 4 atom stereocenters. The number of hydrogen-bond acceptors (Lipinski definition) is 0. The Labute approximate surface area is 402 Å². The molecule has 0 aromatic rings. The summed E-state index contributed by atoms with van der Waals surface area (Å²) in [5.41, 5.74) is 14.6. The SMILES string of the molecule is CC(C)(C)C1[C-]=CC2=C1CCCC2.CC(C)(C)C1[C-]=CC2=C1CCCC2.CC(C)(C)C1[C-]=CC2=C1CCCC2.CC(C)(C)C1[C-]=CC2=C1CCCC2.[CH2]=[Zr+2].[CH2]=[Zr+2].[Cl-].[Cl-]. The second-order valence-corrected chi connectivity index (χ2v) is 21.5. The molecule has 320 valence electrons. The number of halogens is 2. The fraction of sp³-hybridized carbons (Fsp3) is 0.667. The van der Waals surface area contributed by atoms with E-state index in [4.69, 9.17) is 0 Å². The van der Waals surface area contributed by atoms with Gasteiger partial charge in [0.25, 0.3) is 0 Å². The van der Waals surface area contributed by atoms with E-state index in [2.05, 4.69) is 140 Å². The van der Waals surface area contributed by atoms with E-state index in [9.17, 15) is 0 Å². The standard InChI is InChI=1S/4C13H19.2CH2.2ClH.2Zr/c4*1-13(2,3)12-9-8-10-6-4-5-7-11(10)12;;;;;;/h4*8,12H,4-7H2,1-3H3;2*1H2;2*1H;;/q4*-1;;;;;2*+2/p-2. The number of allylic oxidation sites excluding steroid dienone is 16. The molecule has 8 aliphatic carbocycles. The van der Waals surface area contributed by atoms with E-state index in [1.54, 1.807) is 44.6 Å². The van der Waals surface area contributed by atoms with E-state index in [-0.39, 0.29) is 24.8 Å². The van der Waals surface area contributed by atoms with Crippen LogP contribution in [0.25, 0.3) is 0 Å². The van der Waals surface area contributed by atoms with Crippen LogP contribution in [-0.4, -0.2) is 8.42 Å². The molecule has 0 heterocycles. The van der Waals surface area contributed by atoms with Gasteiger partial charge in [-0.05, 0) is 47.3 Å². The van der Waals surface area contributed by atoms with Gasteiger partial charge in [-0.3, -0.25) is 24.3 Å². The Bertz CT molecular complexity index is 1330. The van der Waals surface area contributed by atoms with Gasteiger partial charge in [0.2, 0.25) is 0 Å². The normalized spacial score (nSPS) is 25.4. The molecule has 4 unspecified atom stereocenters. The predicted octanol–water partition coefficient (Wildman–Crippen LogP) is 9.51. The molecule has 0 bridgehead atoms. The quantitative estimate of drug-likeness (QED) is 0.213. The monoisotopic (exact) mass is 978 g/mol. The molecule has 0 radical (unpaired) electrons. The third-order valence-corrected chi connectivity index (χ3v) is 12.8. The first-order chi connectivity index (χ1) is 26.4. The van der Waals surface area contributed by atoms with Crippen LogP contribution < -0.4 is 24.8 Å². The van der Waals surface area contributed by atoms with Gasteiger partial charge in [0.15, 0.2) is 0 Å². The molecular weight excluding hydrogens is 902 g/mol. The van der Waals surface area contributed by atoms with Gasteiger partial charge in [-0.2, -0.15) is 44.6 Å².